The van der Waals surface area contributed by atoms with Gasteiger partial charge >= 0.3 is 0 Å². The zero-order valence-corrected chi connectivity index (χ0v) is 15.9. The summed E-state index contributed by atoms with van der Waals surface area (Å²) in [4.78, 5) is 26.7. The number of likely N-dealkylation sites (tertiary alicyclic amines) is 1. The molecule has 0 saturated carbocycles. The summed E-state index contributed by atoms with van der Waals surface area (Å²) in [6.07, 6.45) is 2.96. The summed E-state index contributed by atoms with van der Waals surface area (Å²) >= 11 is 0. The van der Waals surface area contributed by atoms with E-state index >= 15 is 0 Å². The van der Waals surface area contributed by atoms with Crippen LogP contribution in [0, 0.1) is 0 Å². The zero-order chi connectivity index (χ0) is 19.3. The standard InChI is InChI=1S/C24H24N2O2/c27-23(17-20-8-5-7-19-6-1-2-9-22(19)20)25-21-12-10-18(11-13-21)16-24(28)26-14-3-4-15-26/h1-2,5-13H,3-4,14-17H2,(H,25,27). The summed E-state index contributed by atoms with van der Waals surface area (Å²) in [6.45, 7) is 1.75. The molecule has 4 rings (SSSR count). The van der Waals surface area contributed by atoms with E-state index in [1.807, 2.05) is 59.5 Å². The van der Waals surface area contributed by atoms with Gasteiger partial charge in [0.2, 0.25) is 11.8 Å². The Morgan fingerprint density at radius 2 is 1.54 bits per heavy atom. The molecule has 3 aromatic rings. The van der Waals surface area contributed by atoms with Crippen LogP contribution in [-0.4, -0.2) is 29.8 Å². The van der Waals surface area contributed by atoms with Gasteiger partial charge < -0.3 is 10.2 Å². The summed E-state index contributed by atoms with van der Waals surface area (Å²) in [5, 5.41) is 5.20. The van der Waals surface area contributed by atoms with Crippen molar-refractivity contribution in [1.82, 2.24) is 4.90 Å². The van der Waals surface area contributed by atoms with Crippen molar-refractivity contribution in [3.05, 3.63) is 77.9 Å². The number of rotatable bonds is 5. The molecule has 4 nitrogen and oxygen atoms in total. The highest BCUT2D eigenvalue weighted by Gasteiger charge is 2.17. The van der Waals surface area contributed by atoms with Crippen LogP contribution in [0.2, 0.25) is 0 Å². The number of carbonyl (C=O) groups excluding carboxylic acids is 2. The fourth-order valence-corrected chi connectivity index (χ4v) is 3.78. The van der Waals surface area contributed by atoms with Gasteiger partial charge in [-0.3, -0.25) is 9.59 Å². The van der Waals surface area contributed by atoms with Crippen LogP contribution in [-0.2, 0) is 22.4 Å². The van der Waals surface area contributed by atoms with E-state index in [0.717, 1.165) is 53.5 Å². The van der Waals surface area contributed by atoms with Crippen LogP contribution in [0.4, 0.5) is 5.69 Å². The van der Waals surface area contributed by atoms with E-state index in [2.05, 4.69) is 17.4 Å². The quantitative estimate of drug-likeness (QED) is 0.730. The molecule has 0 bridgehead atoms. The number of carbonyl (C=O) groups is 2. The lowest BCUT2D eigenvalue weighted by molar-refractivity contribution is -0.129. The highest BCUT2D eigenvalue weighted by atomic mass is 16.2. The van der Waals surface area contributed by atoms with Gasteiger partial charge in [-0.1, -0.05) is 54.6 Å². The van der Waals surface area contributed by atoms with E-state index in [-0.39, 0.29) is 11.8 Å². The molecule has 1 N–H and O–H groups in total. The number of amides is 2. The molecule has 0 aromatic heterocycles. The van der Waals surface area contributed by atoms with Gasteiger partial charge in [0.25, 0.3) is 0 Å². The monoisotopic (exact) mass is 372 g/mol. The summed E-state index contributed by atoms with van der Waals surface area (Å²) in [7, 11) is 0. The minimum Gasteiger partial charge on any atom is -0.342 e. The van der Waals surface area contributed by atoms with Crippen molar-refractivity contribution in [2.45, 2.75) is 25.7 Å². The molecule has 0 spiro atoms. The van der Waals surface area contributed by atoms with Gasteiger partial charge in [0.15, 0.2) is 0 Å². The maximum atomic E-state index is 12.5. The lowest BCUT2D eigenvalue weighted by Gasteiger charge is -2.15. The summed E-state index contributed by atoms with van der Waals surface area (Å²) in [5.74, 6) is 0.141. The molecule has 0 atom stereocenters. The van der Waals surface area contributed by atoms with Crippen LogP contribution in [0.15, 0.2) is 66.7 Å². The number of hydrogen-bond acceptors (Lipinski definition) is 2. The van der Waals surface area contributed by atoms with Crippen molar-refractivity contribution < 1.29 is 9.59 Å². The molecular weight excluding hydrogens is 348 g/mol. The summed E-state index contributed by atoms with van der Waals surface area (Å²) in [6, 6.07) is 21.7. The molecule has 28 heavy (non-hydrogen) atoms. The molecule has 0 unspecified atom stereocenters. The van der Waals surface area contributed by atoms with Gasteiger partial charge in [-0.25, -0.2) is 0 Å². The average molecular weight is 372 g/mol. The first kappa shape index (κ1) is 18.2. The highest BCUT2D eigenvalue weighted by Crippen LogP contribution is 2.20. The molecule has 1 heterocycles. The van der Waals surface area contributed by atoms with Gasteiger partial charge in [-0.05, 0) is 46.9 Å². The SMILES string of the molecule is O=C(Cc1cccc2ccccc12)Nc1ccc(CC(=O)N2CCCC2)cc1. The summed E-state index contributed by atoms with van der Waals surface area (Å²) in [5.41, 5.74) is 2.75. The smallest absolute Gasteiger partial charge is 0.228 e. The number of benzene rings is 3. The Balaban J connectivity index is 1.37. The molecular formula is C24H24N2O2. The third kappa shape index (κ3) is 4.22. The second-order valence-electron chi connectivity index (χ2n) is 7.32. The number of fused-ring (bicyclic) bond motifs is 1. The number of nitrogens with zero attached hydrogens (tertiary/aromatic N) is 1. The van der Waals surface area contributed by atoms with Gasteiger partial charge in [-0.15, -0.1) is 0 Å². The molecule has 1 fully saturated rings. The molecule has 1 saturated heterocycles. The Morgan fingerprint density at radius 3 is 2.32 bits per heavy atom. The van der Waals surface area contributed by atoms with Crippen LogP contribution >= 0.6 is 0 Å². The Labute approximate surface area is 165 Å². The van der Waals surface area contributed by atoms with E-state index in [0.29, 0.717) is 12.8 Å². The number of nitrogens with one attached hydrogen (secondary N) is 1. The molecule has 1 aliphatic heterocycles. The largest absolute Gasteiger partial charge is 0.342 e. The highest BCUT2D eigenvalue weighted by molar-refractivity contribution is 5.96. The number of anilines is 1. The van der Waals surface area contributed by atoms with E-state index < -0.39 is 0 Å². The molecule has 0 aliphatic carbocycles. The minimum absolute atomic E-state index is 0.0442. The predicted octanol–water partition coefficient (Wildman–Crippen LogP) is 4.19. The van der Waals surface area contributed by atoms with Crippen LogP contribution < -0.4 is 5.32 Å². The lowest BCUT2D eigenvalue weighted by atomic mass is 10.0. The molecule has 1 aliphatic rings. The summed E-state index contributed by atoms with van der Waals surface area (Å²) < 4.78 is 0. The van der Waals surface area contributed by atoms with E-state index in [1.165, 1.54) is 0 Å². The van der Waals surface area contributed by atoms with E-state index in [4.69, 9.17) is 0 Å². The first-order valence-electron chi connectivity index (χ1n) is 9.82. The second-order valence-corrected chi connectivity index (χ2v) is 7.32. The van der Waals surface area contributed by atoms with Gasteiger partial charge in [0.05, 0.1) is 12.8 Å². The molecule has 3 aromatic carbocycles. The maximum Gasteiger partial charge on any atom is 0.228 e. The third-order valence-corrected chi connectivity index (χ3v) is 5.28. The van der Waals surface area contributed by atoms with Crippen molar-refractivity contribution in [1.29, 1.82) is 0 Å². The lowest BCUT2D eigenvalue weighted by Crippen LogP contribution is -2.29. The second kappa shape index (κ2) is 8.26. The van der Waals surface area contributed by atoms with Crippen molar-refractivity contribution in [3.63, 3.8) is 0 Å². The van der Waals surface area contributed by atoms with Crippen molar-refractivity contribution in [3.8, 4) is 0 Å². The Morgan fingerprint density at radius 1 is 0.821 bits per heavy atom. The minimum atomic E-state index is -0.0442. The van der Waals surface area contributed by atoms with Gasteiger partial charge in [0, 0.05) is 18.8 Å². The third-order valence-electron chi connectivity index (χ3n) is 5.28. The topological polar surface area (TPSA) is 49.4 Å². The molecule has 142 valence electrons. The van der Waals surface area contributed by atoms with Crippen LogP contribution in [0.5, 0.6) is 0 Å². The normalized spacial score (nSPS) is 13.6. The van der Waals surface area contributed by atoms with Crippen LogP contribution in [0.1, 0.15) is 24.0 Å². The van der Waals surface area contributed by atoms with Crippen LogP contribution in [0.25, 0.3) is 10.8 Å². The fourth-order valence-electron chi connectivity index (χ4n) is 3.78. The molecule has 0 radical (unpaired) electrons. The molecule has 2 amide bonds. The van der Waals surface area contributed by atoms with Crippen molar-refractivity contribution in [2.75, 3.05) is 18.4 Å². The first-order valence-corrected chi connectivity index (χ1v) is 9.82. The van der Waals surface area contributed by atoms with Crippen molar-refractivity contribution >= 4 is 28.3 Å². The Bertz CT molecular complexity index is 984. The Kier molecular flexibility index (Phi) is 5.38. The first-order chi connectivity index (χ1) is 13.7. The predicted molar refractivity (Wildman–Crippen MR) is 112 cm³/mol. The molecule has 4 heteroatoms. The number of hydrogen-bond donors (Lipinski definition) is 1. The average Bonchev–Trinajstić information content (AvgIpc) is 3.25. The fraction of sp³-hybridized carbons (Fsp3) is 0.250. The Hall–Kier alpha value is -3.14. The van der Waals surface area contributed by atoms with Crippen LogP contribution in [0.3, 0.4) is 0 Å². The van der Waals surface area contributed by atoms with Gasteiger partial charge in [-0.2, -0.15) is 0 Å². The van der Waals surface area contributed by atoms with Gasteiger partial charge in [0.1, 0.15) is 0 Å². The zero-order valence-electron chi connectivity index (χ0n) is 15.9. The van der Waals surface area contributed by atoms with Crippen molar-refractivity contribution in [2.24, 2.45) is 0 Å². The maximum absolute atomic E-state index is 12.5. The van der Waals surface area contributed by atoms with E-state index in [1.54, 1.807) is 0 Å². The van der Waals surface area contributed by atoms with E-state index in [9.17, 15) is 9.59 Å².